The molecule has 1 fully saturated rings. The molecule has 1 heterocycles. The molecule has 3 N–H and O–H groups in total. The van der Waals surface area contributed by atoms with Gasteiger partial charge < -0.3 is 25.2 Å². The van der Waals surface area contributed by atoms with Crippen molar-refractivity contribution in [2.24, 2.45) is 4.99 Å². The first kappa shape index (κ1) is 23.2. The predicted molar refractivity (Wildman–Crippen MR) is 104 cm³/mol. The van der Waals surface area contributed by atoms with Crippen LogP contribution in [0.5, 0.6) is 5.75 Å². The average Bonchev–Trinajstić information content (AvgIpc) is 2.65. The van der Waals surface area contributed by atoms with Crippen molar-refractivity contribution in [1.82, 2.24) is 15.5 Å². The molecule has 0 aromatic heterocycles. The third kappa shape index (κ3) is 8.08. The molecule has 7 nitrogen and oxygen atoms in total. The molecule has 10 heteroatoms. The monoisotopic (exact) mass is 418 g/mol. The Labute approximate surface area is 168 Å². The van der Waals surface area contributed by atoms with Crippen LogP contribution in [0.2, 0.25) is 0 Å². The lowest BCUT2D eigenvalue weighted by Gasteiger charge is -2.34. The lowest BCUT2D eigenvalue weighted by atomic mass is 10.1. The van der Waals surface area contributed by atoms with Gasteiger partial charge in [0.2, 0.25) is 0 Å². The summed E-state index contributed by atoms with van der Waals surface area (Å²) in [7, 11) is 0. The smallest absolute Gasteiger partial charge is 0.387 e. The molecule has 1 saturated heterocycles. The van der Waals surface area contributed by atoms with Gasteiger partial charge in [-0.1, -0.05) is 6.07 Å². The van der Waals surface area contributed by atoms with Crippen molar-refractivity contribution in [3.8, 4) is 5.75 Å². The highest BCUT2D eigenvalue weighted by Crippen LogP contribution is 2.24. The fourth-order valence-corrected chi connectivity index (χ4v) is 2.97. The Bertz CT molecular complexity index is 668. The van der Waals surface area contributed by atoms with Crippen molar-refractivity contribution in [1.29, 1.82) is 0 Å². The molecule has 0 bridgehead atoms. The van der Waals surface area contributed by atoms with Gasteiger partial charge in [-0.3, -0.25) is 4.90 Å². The number of rotatable bonds is 9. The molecule has 0 saturated carbocycles. The summed E-state index contributed by atoms with van der Waals surface area (Å²) in [5.74, 6) is -0.595. The molecule has 0 amide bonds. The number of hydrogen-bond donors (Lipinski definition) is 3. The van der Waals surface area contributed by atoms with E-state index in [1.54, 1.807) is 6.92 Å². The van der Waals surface area contributed by atoms with Gasteiger partial charge in [-0.2, -0.15) is 8.78 Å². The Kier molecular flexibility index (Phi) is 8.99. The standard InChI is InChI=1S/C19H29F3N4O3/c1-3-23-18(25-12-19(2,27)13-26-7-9-28-10-8-26)24-11-14-15(20)5-4-6-16(14)29-17(21)22/h4-6,17,27H,3,7-13H2,1-2H3,(H2,23,24,25). The van der Waals surface area contributed by atoms with Gasteiger partial charge in [-0.25, -0.2) is 9.38 Å². The topological polar surface area (TPSA) is 78.4 Å². The van der Waals surface area contributed by atoms with E-state index in [0.717, 1.165) is 19.2 Å². The molecule has 0 radical (unpaired) electrons. The number of morpholine rings is 1. The van der Waals surface area contributed by atoms with Crippen LogP contribution in [0.25, 0.3) is 0 Å². The SMILES string of the molecule is CCNC(=NCc1c(F)cccc1OC(F)F)NCC(C)(O)CN1CCOCC1. The van der Waals surface area contributed by atoms with Gasteiger partial charge in [0.1, 0.15) is 11.6 Å². The third-order valence-corrected chi connectivity index (χ3v) is 4.34. The highest BCUT2D eigenvalue weighted by Gasteiger charge is 2.25. The molecule has 1 aromatic rings. The minimum Gasteiger partial charge on any atom is -0.434 e. The van der Waals surface area contributed by atoms with Crippen molar-refractivity contribution < 1.29 is 27.8 Å². The molecule has 2 rings (SSSR count). The van der Waals surface area contributed by atoms with E-state index in [9.17, 15) is 18.3 Å². The third-order valence-electron chi connectivity index (χ3n) is 4.34. The molecule has 1 atom stereocenters. The van der Waals surface area contributed by atoms with E-state index in [1.807, 2.05) is 6.92 Å². The Morgan fingerprint density at radius 2 is 2.07 bits per heavy atom. The normalized spacial score (nSPS) is 17.8. The number of alkyl halides is 2. The van der Waals surface area contributed by atoms with Crippen LogP contribution in [0.15, 0.2) is 23.2 Å². The zero-order valence-electron chi connectivity index (χ0n) is 16.8. The summed E-state index contributed by atoms with van der Waals surface area (Å²) in [5.41, 5.74) is -1.10. The highest BCUT2D eigenvalue weighted by molar-refractivity contribution is 5.79. The first-order valence-electron chi connectivity index (χ1n) is 9.57. The summed E-state index contributed by atoms with van der Waals surface area (Å²) in [6.45, 7) is 4.30. The molecular formula is C19H29F3N4O3. The molecule has 164 valence electrons. The van der Waals surface area contributed by atoms with E-state index in [2.05, 4.69) is 25.3 Å². The number of β-amino-alcohol motifs (C(OH)–C–C–N with tert-alkyl or cyclic N) is 1. The zero-order valence-corrected chi connectivity index (χ0v) is 16.8. The second kappa shape index (κ2) is 11.2. The van der Waals surface area contributed by atoms with Crippen LogP contribution >= 0.6 is 0 Å². The Hall–Kier alpha value is -2.04. The van der Waals surface area contributed by atoms with E-state index in [1.165, 1.54) is 12.1 Å². The lowest BCUT2D eigenvalue weighted by molar-refractivity contribution is -0.0506. The van der Waals surface area contributed by atoms with E-state index >= 15 is 0 Å². The molecule has 0 aliphatic carbocycles. The summed E-state index contributed by atoms with van der Waals surface area (Å²) in [4.78, 5) is 6.36. The summed E-state index contributed by atoms with van der Waals surface area (Å²) in [6, 6.07) is 3.73. The van der Waals surface area contributed by atoms with E-state index in [-0.39, 0.29) is 24.4 Å². The summed E-state index contributed by atoms with van der Waals surface area (Å²) >= 11 is 0. The Balaban J connectivity index is 2.01. The van der Waals surface area contributed by atoms with Crippen LogP contribution in [-0.2, 0) is 11.3 Å². The molecule has 29 heavy (non-hydrogen) atoms. The number of benzene rings is 1. The zero-order chi connectivity index (χ0) is 21.3. The maximum absolute atomic E-state index is 14.1. The number of halogens is 3. The molecule has 1 unspecified atom stereocenters. The minimum atomic E-state index is -3.05. The number of aliphatic imine (C=N–C) groups is 1. The van der Waals surface area contributed by atoms with Gasteiger partial charge in [0.05, 0.1) is 30.9 Å². The average molecular weight is 418 g/mol. The predicted octanol–water partition coefficient (Wildman–Crippen LogP) is 1.57. The van der Waals surface area contributed by atoms with Crippen LogP contribution in [-0.4, -0.2) is 74.1 Å². The van der Waals surface area contributed by atoms with Gasteiger partial charge in [-0.15, -0.1) is 0 Å². The quantitative estimate of drug-likeness (QED) is 0.417. The second-order valence-electron chi connectivity index (χ2n) is 7.03. The van der Waals surface area contributed by atoms with Gasteiger partial charge in [0.25, 0.3) is 0 Å². The first-order chi connectivity index (χ1) is 13.8. The highest BCUT2D eigenvalue weighted by atomic mass is 19.3. The van der Waals surface area contributed by atoms with Crippen LogP contribution in [0.4, 0.5) is 13.2 Å². The molecule has 1 aliphatic rings. The van der Waals surface area contributed by atoms with Crippen molar-refractivity contribution in [3.63, 3.8) is 0 Å². The van der Waals surface area contributed by atoms with Gasteiger partial charge in [0, 0.05) is 32.7 Å². The summed E-state index contributed by atoms with van der Waals surface area (Å²) < 4.78 is 48.9. The van der Waals surface area contributed by atoms with Crippen LogP contribution in [0.3, 0.4) is 0 Å². The number of nitrogens with one attached hydrogen (secondary N) is 2. The van der Waals surface area contributed by atoms with Crippen LogP contribution in [0, 0.1) is 5.82 Å². The summed E-state index contributed by atoms with van der Waals surface area (Å²) in [5, 5.41) is 16.7. The van der Waals surface area contributed by atoms with Crippen LogP contribution in [0.1, 0.15) is 19.4 Å². The number of ether oxygens (including phenoxy) is 2. The maximum Gasteiger partial charge on any atom is 0.387 e. The summed E-state index contributed by atoms with van der Waals surface area (Å²) in [6.07, 6.45) is 0. The Morgan fingerprint density at radius 1 is 1.34 bits per heavy atom. The van der Waals surface area contributed by atoms with Gasteiger partial charge >= 0.3 is 6.61 Å². The molecule has 0 spiro atoms. The molecule has 1 aliphatic heterocycles. The molecular weight excluding hydrogens is 389 g/mol. The van der Waals surface area contributed by atoms with E-state index < -0.39 is 18.0 Å². The van der Waals surface area contributed by atoms with E-state index in [0.29, 0.717) is 32.3 Å². The van der Waals surface area contributed by atoms with Crippen molar-refractivity contribution in [3.05, 3.63) is 29.6 Å². The lowest BCUT2D eigenvalue weighted by Crippen LogP contribution is -2.52. The second-order valence-corrected chi connectivity index (χ2v) is 7.03. The van der Waals surface area contributed by atoms with Crippen molar-refractivity contribution in [2.75, 3.05) is 45.9 Å². The minimum absolute atomic E-state index is 0.0647. The van der Waals surface area contributed by atoms with Gasteiger partial charge in [-0.05, 0) is 26.0 Å². The fraction of sp³-hybridized carbons (Fsp3) is 0.632. The largest absolute Gasteiger partial charge is 0.434 e. The maximum atomic E-state index is 14.1. The Morgan fingerprint density at radius 3 is 2.72 bits per heavy atom. The number of hydrogen-bond acceptors (Lipinski definition) is 5. The molecule has 1 aromatic carbocycles. The number of nitrogens with zero attached hydrogens (tertiary/aromatic N) is 2. The fourth-order valence-electron chi connectivity index (χ4n) is 2.97. The van der Waals surface area contributed by atoms with Gasteiger partial charge in [0.15, 0.2) is 5.96 Å². The number of aliphatic hydroxyl groups is 1. The van der Waals surface area contributed by atoms with Crippen molar-refractivity contribution >= 4 is 5.96 Å². The van der Waals surface area contributed by atoms with Crippen molar-refractivity contribution in [2.45, 2.75) is 32.6 Å². The van der Waals surface area contributed by atoms with E-state index in [4.69, 9.17) is 4.74 Å². The van der Waals surface area contributed by atoms with Crippen LogP contribution < -0.4 is 15.4 Å². The number of guanidine groups is 1. The first-order valence-corrected chi connectivity index (χ1v) is 9.57.